The molecule has 2 nitrogen and oxygen atoms in total. The van der Waals surface area contributed by atoms with Crippen LogP contribution in [-0.4, -0.2) is 31.7 Å². The third kappa shape index (κ3) is 228. The predicted octanol–water partition coefficient (Wildman–Crippen LogP) is -1.11. The summed E-state index contributed by atoms with van der Waals surface area (Å²) in [5, 5.41) is 9.33. The van der Waals surface area contributed by atoms with Gasteiger partial charge in [0.2, 0.25) is 0 Å². The van der Waals surface area contributed by atoms with Crippen molar-refractivity contribution in [3.05, 3.63) is 0 Å². The molecule has 24 valence electrons. The van der Waals surface area contributed by atoms with E-state index in [4.69, 9.17) is 5.21 Å². The van der Waals surface area contributed by atoms with Crippen molar-refractivity contribution in [3.8, 4) is 0 Å². The Kier molecular flexibility index (Phi) is 25.1. The van der Waals surface area contributed by atoms with Crippen molar-refractivity contribution < 1.29 is 5.21 Å². The van der Waals surface area contributed by atoms with Crippen LogP contribution in [0.25, 0.3) is 0 Å². The van der Waals surface area contributed by atoms with E-state index in [2.05, 4.69) is 11.9 Å². The third-order valence-corrected chi connectivity index (χ3v) is 0. The molecule has 0 aliphatic carbocycles. The van der Waals surface area contributed by atoms with Gasteiger partial charge in [0.15, 0.2) is 0 Å². The summed E-state index contributed by atoms with van der Waals surface area (Å²) in [6.45, 7) is 2.67. The molecule has 0 radical (unpaired) electrons. The van der Waals surface area contributed by atoms with E-state index in [-0.39, 0.29) is 19.8 Å². The Hall–Kier alpha value is 0.106. The fourth-order valence-corrected chi connectivity index (χ4v) is 0. The van der Waals surface area contributed by atoms with Crippen molar-refractivity contribution in [1.82, 2.24) is 0 Å². The molecule has 0 saturated heterocycles. The molecule has 0 atom stereocenters. The average molecular weight is 118 g/mol. The zero-order valence-electron chi connectivity index (χ0n) is 1.60. The zero-order chi connectivity index (χ0) is 2.71. The van der Waals surface area contributed by atoms with Gasteiger partial charge in [-0.1, -0.05) is 0 Å². The minimum atomic E-state index is 0. The van der Waals surface area contributed by atoms with Crippen LogP contribution >= 0.6 is 0 Å². The van der Waals surface area contributed by atoms with Gasteiger partial charge in [-0.3, -0.25) is 0 Å². The number of nitrogens with zero attached hydrogens (tertiary/aromatic N) is 1. The molecule has 0 fully saturated rings. The fraction of sp³-hybridized carbons (Fsp3) is 0. The van der Waals surface area contributed by atoms with Gasteiger partial charge in [-0.15, -0.1) is 5.16 Å². The van der Waals surface area contributed by atoms with Gasteiger partial charge < -0.3 is 5.21 Å². The van der Waals surface area contributed by atoms with Crippen LogP contribution in [0.5, 0.6) is 0 Å². The van der Waals surface area contributed by atoms with Gasteiger partial charge in [-0.25, -0.2) is 0 Å². The Labute approximate surface area is 37.6 Å². The summed E-state index contributed by atoms with van der Waals surface area (Å²) in [7, 11) is 0. The van der Waals surface area contributed by atoms with Crippen LogP contribution in [0.1, 0.15) is 0 Å². The van der Waals surface area contributed by atoms with E-state index < -0.39 is 0 Å². The summed E-state index contributed by atoms with van der Waals surface area (Å²) < 4.78 is 0. The van der Waals surface area contributed by atoms with Crippen molar-refractivity contribution in [2.45, 2.75) is 0 Å². The van der Waals surface area contributed by atoms with E-state index in [1.807, 2.05) is 0 Å². The average Bonchev–Trinajstić information content (AvgIpc) is 0.918. The van der Waals surface area contributed by atoms with Crippen molar-refractivity contribution >= 4 is 26.5 Å². The standard InChI is InChI=1S/CH3NO.Ga.3H/c1-2-3;;;;/h3H,1H2;;;;. The van der Waals surface area contributed by atoms with E-state index in [1.165, 1.54) is 0 Å². The summed E-state index contributed by atoms with van der Waals surface area (Å²) in [5.41, 5.74) is 0. The van der Waals surface area contributed by atoms with Gasteiger partial charge in [-0.05, 0) is 0 Å². The maximum absolute atomic E-state index is 7.08. The minimum absolute atomic E-state index is 0. The van der Waals surface area contributed by atoms with Crippen LogP contribution in [0.2, 0.25) is 0 Å². The SMILES string of the molecule is C=NO.[GaH3]. The molecule has 0 aromatic rings. The van der Waals surface area contributed by atoms with Crippen LogP contribution in [0, 0.1) is 0 Å². The van der Waals surface area contributed by atoms with Crippen molar-refractivity contribution in [2.75, 3.05) is 0 Å². The Balaban J connectivity index is 0. The Morgan fingerprint density at radius 1 is 1.75 bits per heavy atom. The van der Waals surface area contributed by atoms with Gasteiger partial charge in [0.05, 0.1) is 0 Å². The first kappa shape index (κ1) is 8.93. The molecule has 0 aliphatic heterocycles. The first-order valence-electron chi connectivity index (χ1n) is 0.516. The van der Waals surface area contributed by atoms with Crippen LogP contribution < -0.4 is 0 Å². The van der Waals surface area contributed by atoms with E-state index in [1.54, 1.807) is 0 Å². The van der Waals surface area contributed by atoms with E-state index in [0.717, 1.165) is 0 Å². The topological polar surface area (TPSA) is 32.6 Å². The molecule has 0 aliphatic rings. The Bertz CT molecular complexity index is 15.5. The van der Waals surface area contributed by atoms with Crippen LogP contribution in [0.3, 0.4) is 0 Å². The second kappa shape index (κ2) is 11.3. The molecule has 0 rings (SSSR count). The van der Waals surface area contributed by atoms with E-state index in [0.29, 0.717) is 0 Å². The normalized spacial score (nSPS) is 3.00. The maximum atomic E-state index is 7.08. The molecule has 3 heteroatoms. The Morgan fingerprint density at radius 2 is 1.75 bits per heavy atom. The molecule has 0 heterocycles. The zero-order valence-corrected chi connectivity index (χ0v) is 1.60. The van der Waals surface area contributed by atoms with Gasteiger partial charge in [0.25, 0.3) is 0 Å². The summed E-state index contributed by atoms with van der Waals surface area (Å²) >= 11 is 0. The monoisotopic (exact) mass is 117 g/mol. The third-order valence-electron chi connectivity index (χ3n) is 0. The number of hydrogen-bond acceptors (Lipinski definition) is 2. The molecule has 4 heavy (non-hydrogen) atoms. The first-order chi connectivity index (χ1) is 1.41. The van der Waals surface area contributed by atoms with Gasteiger partial charge >= 0.3 is 19.8 Å². The molecule has 0 bridgehead atoms. The van der Waals surface area contributed by atoms with Crippen molar-refractivity contribution in [2.24, 2.45) is 5.16 Å². The second-order valence-corrected chi connectivity index (χ2v) is 0.141. The van der Waals surface area contributed by atoms with Gasteiger partial charge in [0, 0.05) is 6.72 Å². The van der Waals surface area contributed by atoms with Crippen LogP contribution in [-0.2, 0) is 0 Å². The molecule has 0 saturated carbocycles. The number of hydrogen-bond donors (Lipinski definition) is 1. The van der Waals surface area contributed by atoms with E-state index in [9.17, 15) is 0 Å². The number of rotatable bonds is 0. The van der Waals surface area contributed by atoms with E-state index >= 15 is 0 Å². The molecule has 1 N–H and O–H groups in total. The first-order valence-corrected chi connectivity index (χ1v) is 0.516. The van der Waals surface area contributed by atoms with Gasteiger partial charge in [-0.2, -0.15) is 0 Å². The molecule has 0 aromatic heterocycles. The quantitative estimate of drug-likeness (QED) is 0.186. The van der Waals surface area contributed by atoms with Crippen LogP contribution in [0.15, 0.2) is 5.16 Å². The second-order valence-electron chi connectivity index (χ2n) is 0.141. The molecule has 0 amide bonds. The molecule has 0 unspecified atom stereocenters. The summed E-state index contributed by atoms with van der Waals surface area (Å²) in [6.07, 6.45) is 0. The summed E-state index contributed by atoms with van der Waals surface area (Å²) in [5.74, 6) is 0. The molecular formula is CH6GaNO. The predicted molar refractivity (Wildman–Crippen MR) is 21.3 cm³/mol. The van der Waals surface area contributed by atoms with Crippen molar-refractivity contribution in [3.63, 3.8) is 0 Å². The fourth-order valence-electron chi connectivity index (χ4n) is 0. The van der Waals surface area contributed by atoms with Gasteiger partial charge in [0.1, 0.15) is 0 Å². The van der Waals surface area contributed by atoms with Crippen LogP contribution in [0.4, 0.5) is 0 Å². The summed E-state index contributed by atoms with van der Waals surface area (Å²) in [4.78, 5) is 0. The molecule has 0 aromatic carbocycles. The number of oxime groups is 1. The molecule has 0 spiro atoms. The van der Waals surface area contributed by atoms with Crippen molar-refractivity contribution in [1.29, 1.82) is 0 Å². The summed E-state index contributed by atoms with van der Waals surface area (Å²) in [6, 6.07) is 0. The Morgan fingerprint density at radius 3 is 1.75 bits per heavy atom. The molecular weight excluding hydrogens is 112 g/mol.